The van der Waals surface area contributed by atoms with Gasteiger partial charge in [-0.3, -0.25) is 0 Å². The molecule has 136 valence electrons. The number of fused-ring (bicyclic) bond motifs is 3. The van der Waals surface area contributed by atoms with Crippen LogP contribution in [0.25, 0.3) is 11.3 Å². The zero-order valence-corrected chi connectivity index (χ0v) is 15.3. The molecule has 1 aliphatic carbocycles. The third-order valence-electron chi connectivity index (χ3n) is 6.55. The van der Waals surface area contributed by atoms with E-state index in [-0.39, 0.29) is 0 Å². The van der Waals surface area contributed by atoms with Gasteiger partial charge in [-0.15, -0.1) is 0 Å². The van der Waals surface area contributed by atoms with Crippen LogP contribution in [0, 0.1) is 5.41 Å². The zero-order valence-electron chi connectivity index (χ0n) is 15.3. The molecule has 0 unspecified atom stereocenters. The number of aromatic nitrogens is 2. The lowest BCUT2D eigenvalue weighted by molar-refractivity contribution is 0.232. The van der Waals surface area contributed by atoms with E-state index in [9.17, 15) is 0 Å². The summed E-state index contributed by atoms with van der Waals surface area (Å²) in [5.74, 6) is 1.50. The maximum atomic E-state index is 6.17. The highest BCUT2D eigenvalue weighted by molar-refractivity contribution is 5.74. The summed E-state index contributed by atoms with van der Waals surface area (Å²) in [6.45, 7) is 4.49. The van der Waals surface area contributed by atoms with E-state index in [1.54, 1.807) is 0 Å². The van der Waals surface area contributed by atoms with Crippen molar-refractivity contribution < 1.29 is 0 Å². The van der Waals surface area contributed by atoms with Crippen molar-refractivity contribution in [2.24, 2.45) is 5.41 Å². The first-order valence-electron chi connectivity index (χ1n) is 9.94. The van der Waals surface area contributed by atoms with Crippen LogP contribution in [-0.4, -0.2) is 36.1 Å². The Morgan fingerprint density at radius 1 is 1.04 bits per heavy atom. The Balaban J connectivity index is 1.56. The predicted molar refractivity (Wildman–Crippen MR) is 105 cm³/mol. The largest absolute Gasteiger partial charge is 0.368 e. The molecule has 3 aliphatic rings. The van der Waals surface area contributed by atoms with Crippen molar-refractivity contribution in [1.82, 2.24) is 15.3 Å². The summed E-state index contributed by atoms with van der Waals surface area (Å²) >= 11 is 0. The molecule has 0 saturated carbocycles. The summed E-state index contributed by atoms with van der Waals surface area (Å²) in [4.78, 5) is 11.9. The number of nitrogens with zero attached hydrogens (tertiary/aromatic N) is 3. The standard InChI is InChI=1S/C21H27N5/c22-20-24-18-16-6-2-1-4-15(16)5-3-7-17(18)19(25-20)26-13-10-21(14-26)8-11-23-12-9-21/h1-2,4,6,23H,3,5,7-14H2,(H2,22,24,25). The Hall–Kier alpha value is -2.14. The highest BCUT2D eigenvalue weighted by Crippen LogP contribution is 2.43. The Labute approximate surface area is 155 Å². The van der Waals surface area contributed by atoms with Crippen molar-refractivity contribution in [3.05, 3.63) is 35.4 Å². The van der Waals surface area contributed by atoms with Gasteiger partial charge in [0.15, 0.2) is 0 Å². The second-order valence-corrected chi connectivity index (χ2v) is 8.16. The molecular formula is C21H27N5. The molecule has 0 atom stereocenters. The first-order chi connectivity index (χ1) is 12.7. The van der Waals surface area contributed by atoms with Crippen LogP contribution in [0.5, 0.6) is 0 Å². The molecule has 2 aromatic rings. The van der Waals surface area contributed by atoms with Crippen molar-refractivity contribution in [2.75, 3.05) is 36.8 Å². The molecule has 1 aromatic heterocycles. The number of hydrogen-bond donors (Lipinski definition) is 2. The maximum absolute atomic E-state index is 6.17. The van der Waals surface area contributed by atoms with E-state index in [4.69, 9.17) is 10.7 Å². The van der Waals surface area contributed by atoms with Crippen LogP contribution in [0.3, 0.4) is 0 Å². The second kappa shape index (κ2) is 6.23. The first kappa shape index (κ1) is 16.1. The summed E-state index contributed by atoms with van der Waals surface area (Å²) < 4.78 is 0. The van der Waals surface area contributed by atoms with Gasteiger partial charge in [-0.05, 0) is 62.6 Å². The minimum absolute atomic E-state index is 0.404. The summed E-state index contributed by atoms with van der Waals surface area (Å²) in [6, 6.07) is 8.64. The summed E-state index contributed by atoms with van der Waals surface area (Å²) in [7, 11) is 0. The SMILES string of the molecule is Nc1nc2c(c(N3CCC4(CCNCC4)C3)n1)CCCc1ccccc1-2. The molecular weight excluding hydrogens is 322 g/mol. The highest BCUT2D eigenvalue weighted by Gasteiger charge is 2.40. The van der Waals surface area contributed by atoms with Gasteiger partial charge in [0.1, 0.15) is 5.82 Å². The van der Waals surface area contributed by atoms with E-state index in [2.05, 4.69) is 39.5 Å². The number of nitrogens with one attached hydrogen (secondary N) is 1. The van der Waals surface area contributed by atoms with Crippen LogP contribution in [-0.2, 0) is 12.8 Å². The van der Waals surface area contributed by atoms with Crippen molar-refractivity contribution >= 4 is 11.8 Å². The van der Waals surface area contributed by atoms with Gasteiger partial charge in [0.05, 0.1) is 5.69 Å². The third-order valence-corrected chi connectivity index (χ3v) is 6.55. The van der Waals surface area contributed by atoms with Crippen LogP contribution in [0.1, 0.15) is 36.8 Å². The Morgan fingerprint density at radius 2 is 1.88 bits per heavy atom. The maximum Gasteiger partial charge on any atom is 0.222 e. The normalized spacial score (nSPS) is 21.3. The van der Waals surface area contributed by atoms with Crippen LogP contribution < -0.4 is 16.0 Å². The summed E-state index contributed by atoms with van der Waals surface area (Å²) in [5.41, 5.74) is 11.6. The van der Waals surface area contributed by atoms with Gasteiger partial charge in [-0.25, -0.2) is 4.98 Å². The summed E-state index contributed by atoms with van der Waals surface area (Å²) in [6.07, 6.45) is 7.09. The van der Waals surface area contributed by atoms with E-state index < -0.39 is 0 Å². The number of hydrogen-bond acceptors (Lipinski definition) is 5. The average molecular weight is 349 g/mol. The van der Waals surface area contributed by atoms with E-state index in [0.717, 1.165) is 57.0 Å². The van der Waals surface area contributed by atoms with Gasteiger partial charge >= 0.3 is 0 Å². The molecule has 5 heteroatoms. The molecule has 0 radical (unpaired) electrons. The van der Waals surface area contributed by atoms with Gasteiger partial charge in [0.25, 0.3) is 0 Å². The molecule has 0 amide bonds. The van der Waals surface area contributed by atoms with E-state index in [1.807, 2.05) is 0 Å². The fraction of sp³-hybridized carbons (Fsp3) is 0.524. The number of nitrogen functional groups attached to an aromatic ring is 1. The van der Waals surface area contributed by atoms with Crippen LogP contribution in [0.4, 0.5) is 11.8 Å². The molecule has 0 bridgehead atoms. The van der Waals surface area contributed by atoms with Crippen molar-refractivity contribution in [1.29, 1.82) is 0 Å². The fourth-order valence-corrected chi connectivity index (χ4v) is 5.11. The Morgan fingerprint density at radius 3 is 2.77 bits per heavy atom. The van der Waals surface area contributed by atoms with Gasteiger partial charge < -0.3 is 16.0 Å². The second-order valence-electron chi connectivity index (χ2n) is 8.16. The van der Waals surface area contributed by atoms with E-state index in [1.165, 1.54) is 36.0 Å². The fourth-order valence-electron chi connectivity index (χ4n) is 5.11. The smallest absolute Gasteiger partial charge is 0.222 e. The molecule has 2 fully saturated rings. The lowest BCUT2D eigenvalue weighted by Crippen LogP contribution is -2.39. The molecule has 1 aromatic carbocycles. The number of anilines is 2. The predicted octanol–water partition coefficient (Wildman–Crippen LogP) is 2.79. The Kier molecular flexibility index (Phi) is 3.85. The molecule has 3 N–H and O–H groups in total. The molecule has 5 nitrogen and oxygen atoms in total. The number of nitrogens with two attached hydrogens (primary N) is 1. The van der Waals surface area contributed by atoms with E-state index in [0.29, 0.717) is 11.4 Å². The van der Waals surface area contributed by atoms with Crippen molar-refractivity contribution in [2.45, 2.75) is 38.5 Å². The molecule has 5 rings (SSSR count). The third kappa shape index (κ3) is 2.65. The van der Waals surface area contributed by atoms with Gasteiger partial charge in [0.2, 0.25) is 5.95 Å². The van der Waals surface area contributed by atoms with Gasteiger partial charge in [-0.1, -0.05) is 24.3 Å². The van der Waals surface area contributed by atoms with Gasteiger partial charge in [-0.2, -0.15) is 4.98 Å². The monoisotopic (exact) mass is 349 g/mol. The highest BCUT2D eigenvalue weighted by atomic mass is 15.2. The molecule has 1 spiro atoms. The minimum atomic E-state index is 0.404. The number of aryl methyl sites for hydroxylation is 1. The number of piperidine rings is 1. The average Bonchev–Trinajstić information content (AvgIpc) is 2.96. The molecule has 2 aliphatic heterocycles. The Bertz CT molecular complexity index is 825. The van der Waals surface area contributed by atoms with Crippen molar-refractivity contribution in [3.63, 3.8) is 0 Å². The molecule has 26 heavy (non-hydrogen) atoms. The van der Waals surface area contributed by atoms with Crippen LogP contribution >= 0.6 is 0 Å². The van der Waals surface area contributed by atoms with E-state index >= 15 is 0 Å². The topological polar surface area (TPSA) is 67.1 Å². The van der Waals surface area contributed by atoms with Crippen molar-refractivity contribution in [3.8, 4) is 11.3 Å². The quantitative estimate of drug-likeness (QED) is 0.829. The molecule has 2 saturated heterocycles. The lowest BCUT2D eigenvalue weighted by atomic mass is 9.78. The number of rotatable bonds is 1. The minimum Gasteiger partial charge on any atom is -0.368 e. The molecule has 3 heterocycles. The first-order valence-corrected chi connectivity index (χ1v) is 9.94. The van der Waals surface area contributed by atoms with Gasteiger partial charge in [0, 0.05) is 24.2 Å². The lowest BCUT2D eigenvalue weighted by Gasteiger charge is -2.34. The van der Waals surface area contributed by atoms with Crippen LogP contribution in [0.15, 0.2) is 24.3 Å². The number of benzene rings is 1. The summed E-state index contributed by atoms with van der Waals surface area (Å²) in [5, 5.41) is 3.50. The van der Waals surface area contributed by atoms with Crippen LogP contribution in [0.2, 0.25) is 0 Å². The zero-order chi connectivity index (χ0) is 17.6.